The van der Waals surface area contributed by atoms with Gasteiger partial charge in [0.05, 0.1) is 19.3 Å². The van der Waals surface area contributed by atoms with E-state index in [1.807, 2.05) is 0 Å². The van der Waals surface area contributed by atoms with Gasteiger partial charge >= 0.3 is 11.9 Å². The first-order chi connectivity index (χ1) is 12.3. The highest BCUT2D eigenvalue weighted by Crippen LogP contribution is 2.32. The van der Waals surface area contributed by atoms with Crippen LogP contribution in [0.4, 0.5) is 14.5 Å². The number of nitrogens with zero attached hydrogens (tertiary/aromatic N) is 1. The van der Waals surface area contributed by atoms with E-state index in [0.29, 0.717) is 0 Å². The van der Waals surface area contributed by atoms with Crippen LogP contribution in [0.1, 0.15) is 20.8 Å². The molecule has 0 aliphatic rings. The molecule has 0 fully saturated rings. The van der Waals surface area contributed by atoms with Crippen LogP contribution in [0.5, 0.6) is 5.75 Å². The van der Waals surface area contributed by atoms with Gasteiger partial charge in [-0.05, 0) is 32.9 Å². The molecule has 0 radical (unpaired) electrons. The van der Waals surface area contributed by atoms with Crippen molar-refractivity contribution in [1.29, 1.82) is 0 Å². The van der Waals surface area contributed by atoms with Gasteiger partial charge in [0.25, 0.3) is 0 Å². The molecule has 0 aromatic heterocycles. The monoisotopic (exact) mass is 373 g/mol. The number of aliphatic hydroxyl groups excluding tert-OH is 1. The number of benzene rings is 1. The number of hydrogen-bond donors (Lipinski definition) is 1. The number of rotatable bonds is 9. The highest BCUT2D eigenvalue weighted by Gasteiger charge is 2.28. The molecule has 1 aromatic carbocycles. The lowest BCUT2D eigenvalue weighted by Gasteiger charge is -2.13. The van der Waals surface area contributed by atoms with E-state index in [9.17, 15) is 23.5 Å². The molecule has 0 amide bonds. The third-order valence-corrected chi connectivity index (χ3v) is 2.94. The van der Waals surface area contributed by atoms with E-state index in [0.717, 1.165) is 18.3 Å². The summed E-state index contributed by atoms with van der Waals surface area (Å²) >= 11 is 0. The molecule has 1 aromatic rings. The van der Waals surface area contributed by atoms with Gasteiger partial charge in [-0.25, -0.2) is 4.39 Å². The maximum atomic E-state index is 14.0. The highest BCUT2D eigenvalue weighted by atomic mass is 19.2. The molecule has 26 heavy (non-hydrogen) atoms. The Bertz CT molecular complexity index is 645. The Balaban J connectivity index is 3.17. The number of aliphatic imine (C=N–C) groups is 1. The standard InChI is InChI=1S/C17H21F2NO6/c1-4-24-16(22)11(17(23)25-5-2)8-20-13-7-6-12(18)14(19)15(13)26-9-10(3)21/h6-8,10-11,21H,4-5,9H2,1-3H3. The van der Waals surface area contributed by atoms with Gasteiger partial charge in [0.2, 0.25) is 5.82 Å². The lowest BCUT2D eigenvalue weighted by Crippen LogP contribution is -2.29. The highest BCUT2D eigenvalue weighted by molar-refractivity contribution is 6.09. The quantitative estimate of drug-likeness (QED) is 0.405. The smallest absolute Gasteiger partial charge is 0.325 e. The predicted octanol–water partition coefficient (Wildman–Crippen LogP) is 2.17. The summed E-state index contributed by atoms with van der Waals surface area (Å²) < 4.78 is 42.0. The normalized spacial score (nSPS) is 12.3. The molecule has 0 heterocycles. The maximum Gasteiger partial charge on any atom is 0.325 e. The van der Waals surface area contributed by atoms with Crippen molar-refractivity contribution in [3.8, 4) is 5.75 Å². The van der Waals surface area contributed by atoms with Crippen LogP contribution in [0, 0.1) is 17.6 Å². The Morgan fingerprint density at radius 1 is 1.19 bits per heavy atom. The van der Waals surface area contributed by atoms with E-state index in [4.69, 9.17) is 14.2 Å². The van der Waals surface area contributed by atoms with Gasteiger partial charge in [-0.3, -0.25) is 14.6 Å². The minimum absolute atomic E-state index is 0.0382. The van der Waals surface area contributed by atoms with Gasteiger partial charge < -0.3 is 19.3 Å². The molecule has 1 atom stereocenters. The fourth-order valence-corrected chi connectivity index (χ4v) is 1.80. The number of carbonyl (C=O) groups is 2. The number of hydrogen-bond acceptors (Lipinski definition) is 7. The molecular weight excluding hydrogens is 352 g/mol. The summed E-state index contributed by atoms with van der Waals surface area (Å²) in [5, 5.41) is 9.24. The van der Waals surface area contributed by atoms with Gasteiger partial charge in [-0.2, -0.15) is 4.39 Å². The van der Waals surface area contributed by atoms with Crippen molar-refractivity contribution in [3.63, 3.8) is 0 Å². The summed E-state index contributed by atoms with van der Waals surface area (Å²) in [6.45, 7) is 4.30. The molecule has 1 unspecified atom stereocenters. The lowest BCUT2D eigenvalue weighted by molar-refractivity contribution is -0.157. The third kappa shape index (κ3) is 6.07. The van der Waals surface area contributed by atoms with Gasteiger partial charge in [0.1, 0.15) is 12.3 Å². The van der Waals surface area contributed by atoms with Crippen molar-refractivity contribution >= 4 is 23.8 Å². The van der Waals surface area contributed by atoms with Crippen molar-refractivity contribution in [2.24, 2.45) is 10.9 Å². The summed E-state index contributed by atoms with van der Waals surface area (Å²) in [4.78, 5) is 27.6. The molecule has 0 saturated heterocycles. The third-order valence-electron chi connectivity index (χ3n) is 2.94. The molecule has 0 aliphatic carbocycles. The van der Waals surface area contributed by atoms with Crippen LogP contribution in [-0.4, -0.2) is 49.2 Å². The SMILES string of the molecule is CCOC(=O)C(C=Nc1ccc(F)c(F)c1OCC(C)O)C(=O)OCC. The summed E-state index contributed by atoms with van der Waals surface area (Å²) in [7, 11) is 0. The molecule has 144 valence electrons. The van der Waals surface area contributed by atoms with E-state index in [2.05, 4.69) is 4.99 Å². The van der Waals surface area contributed by atoms with E-state index < -0.39 is 41.3 Å². The fourth-order valence-electron chi connectivity index (χ4n) is 1.80. The largest absolute Gasteiger partial charge is 0.485 e. The van der Waals surface area contributed by atoms with E-state index in [1.165, 1.54) is 6.92 Å². The molecule has 9 heteroatoms. The topological polar surface area (TPSA) is 94.4 Å². The Labute approximate surface area is 149 Å². The lowest BCUT2D eigenvalue weighted by atomic mass is 10.1. The van der Waals surface area contributed by atoms with Crippen LogP contribution < -0.4 is 4.74 Å². The van der Waals surface area contributed by atoms with Gasteiger partial charge in [-0.15, -0.1) is 0 Å². The Morgan fingerprint density at radius 3 is 2.27 bits per heavy atom. The first kappa shape index (κ1) is 21.5. The van der Waals surface area contributed by atoms with Gasteiger partial charge in [-0.1, -0.05) is 0 Å². The molecule has 7 nitrogen and oxygen atoms in total. The fraction of sp³-hybridized carbons (Fsp3) is 0.471. The van der Waals surface area contributed by atoms with Crippen LogP contribution in [0.2, 0.25) is 0 Å². The number of halogens is 2. The molecule has 0 saturated carbocycles. The number of carbonyl (C=O) groups excluding carboxylic acids is 2. The van der Waals surface area contributed by atoms with Crippen molar-refractivity contribution in [3.05, 3.63) is 23.8 Å². The summed E-state index contributed by atoms with van der Waals surface area (Å²) in [5.74, 6) is -6.25. The first-order valence-electron chi connectivity index (χ1n) is 7.98. The number of esters is 2. The van der Waals surface area contributed by atoms with Crippen LogP contribution in [-0.2, 0) is 19.1 Å². The average molecular weight is 373 g/mol. The van der Waals surface area contributed by atoms with Crippen molar-refractivity contribution < 1.29 is 37.7 Å². The molecule has 1 rings (SSSR count). The Morgan fingerprint density at radius 2 is 1.77 bits per heavy atom. The molecule has 0 spiro atoms. The van der Waals surface area contributed by atoms with E-state index in [1.54, 1.807) is 13.8 Å². The number of ether oxygens (including phenoxy) is 3. The molecule has 0 aliphatic heterocycles. The Kier molecular flexibility index (Phi) is 8.63. The second-order valence-electron chi connectivity index (χ2n) is 5.13. The van der Waals surface area contributed by atoms with Crippen LogP contribution in [0.3, 0.4) is 0 Å². The predicted molar refractivity (Wildman–Crippen MR) is 88.4 cm³/mol. The second-order valence-corrected chi connectivity index (χ2v) is 5.13. The summed E-state index contributed by atoms with van der Waals surface area (Å²) in [6.07, 6.45) is -0.0148. The van der Waals surface area contributed by atoms with Crippen molar-refractivity contribution in [1.82, 2.24) is 0 Å². The molecule has 0 bridgehead atoms. The Hall–Kier alpha value is -2.55. The minimum Gasteiger partial charge on any atom is -0.485 e. The summed E-state index contributed by atoms with van der Waals surface area (Å²) in [5.41, 5.74) is -0.164. The molecule has 1 N–H and O–H groups in total. The maximum absolute atomic E-state index is 14.0. The zero-order valence-electron chi connectivity index (χ0n) is 14.7. The zero-order valence-corrected chi connectivity index (χ0v) is 14.7. The van der Waals surface area contributed by atoms with Crippen molar-refractivity contribution in [2.75, 3.05) is 19.8 Å². The zero-order chi connectivity index (χ0) is 19.7. The van der Waals surface area contributed by atoms with Gasteiger partial charge in [0.15, 0.2) is 17.5 Å². The van der Waals surface area contributed by atoms with E-state index >= 15 is 0 Å². The number of aliphatic hydroxyl groups is 1. The minimum atomic E-state index is -1.47. The van der Waals surface area contributed by atoms with Crippen LogP contribution >= 0.6 is 0 Å². The summed E-state index contributed by atoms with van der Waals surface area (Å²) in [6, 6.07) is 1.93. The molecular formula is C17H21F2NO6. The van der Waals surface area contributed by atoms with Gasteiger partial charge in [0, 0.05) is 6.21 Å². The first-order valence-corrected chi connectivity index (χ1v) is 7.98. The van der Waals surface area contributed by atoms with E-state index in [-0.39, 0.29) is 25.5 Å². The van der Waals surface area contributed by atoms with Crippen LogP contribution in [0.25, 0.3) is 0 Å². The van der Waals surface area contributed by atoms with Crippen LogP contribution in [0.15, 0.2) is 17.1 Å². The average Bonchev–Trinajstić information content (AvgIpc) is 2.57. The van der Waals surface area contributed by atoms with Crippen molar-refractivity contribution in [2.45, 2.75) is 26.9 Å². The second kappa shape index (κ2) is 10.4.